The molecule has 0 unspecified atom stereocenters. The molecule has 0 saturated carbocycles. The molecule has 6 nitrogen and oxygen atoms in total. The van der Waals surface area contributed by atoms with E-state index in [1.165, 1.54) is 0 Å². The van der Waals surface area contributed by atoms with Crippen LogP contribution in [0.2, 0.25) is 0 Å². The molecule has 1 heterocycles. The topological polar surface area (TPSA) is 61.9 Å². The van der Waals surface area contributed by atoms with E-state index in [4.69, 9.17) is 4.74 Å². The minimum absolute atomic E-state index is 0.0491. The van der Waals surface area contributed by atoms with Gasteiger partial charge in [-0.3, -0.25) is 9.69 Å². The fourth-order valence-electron chi connectivity index (χ4n) is 3.26. The van der Waals surface area contributed by atoms with Gasteiger partial charge in [-0.15, -0.1) is 0 Å². The molecule has 0 bridgehead atoms. The maximum absolute atomic E-state index is 12.5. The van der Waals surface area contributed by atoms with E-state index in [0.29, 0.717) is 25.3 Å². The molecule has 0 aliphatic carbocycles. The Morgan fingerprint density at radius 1 is 1.00 bits per heavy atom. The van der Waals surface area contributed by atoms with Crippen molar-refractivity contribution in [2.24, 2.45) is 0 Å². The molecule has 0 atom stereocenters. The van der Waals surface area contributed by atoms with Crippen LogP contribution >= 0.6 is 0 Å². The molecule has 148 valence electrons. The molecule has 2 aromatic carbocycles. The first kappa shape index (κ1) is 20.0. The van der Waals surface area contributed by atoms with E-state index in [9.17, 15) is 9.59 Å². The molecule has 0 radical (unpaired) electrons. The first-order valence-electron chi connectivity index (χ1n) is 9.55. The van der Waals surface area contributed by atoms with Gasteiger partial charge >= 0.3 is 6.03 Å². The van der Waals surface area contributed by atoms with Crippen LogP contribution in [0.15, 0.2) is 48.5 Å². The number of ketones is 1. The lowest BCUT2D eigenvalue weighted by Gasteiger charge is -2.34. The molecule has 28 heavy (non-hydrogen) atoms. The summed E-state index contributed by atoms with van der Waals surface area (Å²) in [5.41, 5.74) is 3.45. The number of rotatable bonds is 6. The molecule has 1 fully saturated rings. The number of Topliss-reactive ketones (excluding diaryl/α,β-unsaturated/α-hetero) is 1. The number of carbonyl (C=O) groups is 2. The largest absolute Gasteiger partial charge is 0.383 e. The van der Waals surface area contributed by atoms with E-state index in [1.807, 2.05) is 53.4 Å². The predicted molar refractivity (Wildman–Crippen MR) is 111 cm³/mol. The number of ether oxygens (including phenoxy) is 1. The van der Waals surface area contributed by atoms with Crippen LogP contribution < -0.4 is 5.32 Å². The average molecular weight is 381 g/mol. The Morgan fingerprint density at radius 2 is 1.71 bits per heavy atom. The molecular weight excluding hydrogens is 354 g/mol. The van der Waals surface area contributed by atoms with Crippen molar-refractivity contribution in [3.63, 3.8) is 0 Å². The Balaban J connectivity index is 1.56. The first-order valence-corrected chi connectivity index (χ1v) is 9.55. The van der Waals surface area contributed by atoms with E-state index < -0.39 is 0 Å². The lowest BCUT2D eigenvalue weighted by Crippen LogP contribution is -2.50. The summed E-state index contributed by atoms with van der Waals surface area (Å²) in [7, 11) is 1.70. The fourth-order valence-corrected chi connectivity index (χ4v) is 3.26. The standard InChI is InChI=1S/C22H27N3O3/c1-17(26)19-4-3-5-20(16-19)18-6-8-21(9-7-18)23-22(27)25-12-10-24(11-13-25)14-15-28-2/h3-9,16H,10-15H2,1-2H3,(H,23,27). The highest BCUT2D eigenvalue weighted by Gasteiger charge is 2.20. The van der Waals surface area contributed by atoms with Gasteiger partial charge in [0.05, 0.1) is 6.61 Å². The summed E-state index contributed by atoms with van der Waals surface area (Å²) in [6.45, 7) is 6.34. The quantitative estimate of drug-likeness (QED) is 0.780. The summed E-state index contributed by atoms with van der Waals surface area (Å²) >= 11 is 0. The van der Waals surface area contributed by atoms with Crippen LogP contribution in [0.3, 0.4) is 0 Å². The molecule has 2 aromatic rings. The van der Waals surface area contributed by atoms with Gasteiger partial charge in [-0.2, -0.15) is 0 Å². The highest BCUT2D eigenvalue weighted by atomic mass is 16.5. The maximum atomic E-state index is 12.5. The van der Waals surface area contributed by atoms with Gasteiger partial charge in [0.2, 0.25) is 0 Å². The molecule has 1 N–H and O–H groups in total. The first-order chi connectivity index (χ1) is 13.6. The van der Waals surface area contributed by atoms with Crippen LogP contribution in [-0.2, 0) is 4.74 Å². The van der Waals surface area contributed by atoms with Gasteiger partial charge < -0.3 is 15.0 Å². The molecule has 1 aliphatic heterocycles. The van der Waals surface area contributed by atoms with Gasteiger partial charge in [-0.1, -0.05) is 30.3 Å². The molecule has 1 saturated heterocycles. The number of benzene rings is 2. The van der Waals surface area contributed by atoms with E-state index in [-0.39, 0.29) is 11.8 Å². The van der Waals surface area contributed by atoms with Gasteiger partial charge in [0, 0.05) is 51.1 Å². The van der Waals surface area contributed by atoms with Crippen LogP contribution in [-0.4, -0.2) is 68.1 Å². The molecule has 6 heteroatoms. The Labute approximate surface area is 166 Å². The Kier molecular flexibility index (Phi) is 6.79. The third-order valence-corrected chi connectivity index (χ3v) is 5.01. The van der Waals surface area contributed by atoms with Crippen LogP contribution in [0, 0.1) is 0 Å². The summed E-state index contributed by atoms with van der Waals surface area (Å²) in [5, 5.41) is 2.97. The number of piperazine rings is 1. The number of nitrogens with zero attached hydrogens (tertiary/aromatic N) is 2. The number of carbonyl (C=O) groups excluding carboxylic acids is 2. The van der Waals surface area contributed by atoms with Crippen molar-refractivity contribution in [2.45, 2.75) is 6.92 Å². The van der Waals surface area contributed by atoms with Crippen LogP contribution in [0.1, 0.15) is 17.3 Å². The summed E-state index contributed by atoms with van der Waals surface area (Å²) in [6.07, 6.45) is 0. The molecular formula is C22H27N3O3. The number of hydrogen-bond acceptors (Lipinski definition) is 4. The number of hydrogen-bond donors (Lipinski definition) is 1. The van der Waals surface area contributed by atoms with E-state index in [2.05, 4.69) is 10.2 Å². The molecule has 3 rings (SSSR count). The van der Waals surface area contributed by atoms with Gasteiger partial charge in [-0.05, 0) is 36.2 Å². The third-order valence-electron chi connectivity index (χ3n) is 5.01. The molecule has 0 spiro atoms. The molecule has 0 aromatic heterocycles. The van der Waals surface area contributed by atoms with E-state index in [0.717, 1.165) is 36.4 Å². The normalized spacial score (nSPS) is 14.7. The van der Waals surface area contributed by atoms with E-state index in [1.54, 1.807) is 14.0 Å². The lowest BCUT2D eigenvalue weighted by atomic mass is 10.0. The van der Waals surface area contributed by atoms with Crippen LogP contribution in [0.5, 0.6) is 0 Å². The minimum Gasteiger partial charge on any atom is -0.383 e. The number of nitrogens with one attached hydrogen (secondary N) is 1. The van der Waals surface area contributed by atoms with Crippen molar-refractivity contribution in [1.29, 1.82) is 0 Å². The smallest absolute Gasteiger partial charge is 0.321 e. The molecule has 1 aliphatic rings. The summed E-state index contributed by atoms with van der Waals surface area (Å²) in [5.74, 6) is 0.0491. The second kappa shape index (κ2) is 9.48. The number of anilines is 1. The predicted octanol–water partition coefficient (Wildman–Crippen LogP) is 3.35. The van der Waals surface area contributed by atoms with Crippen LogP contribution in [0.25, 0.3) is 11.1 Å². The number of amides is 2. The summed E-state index contributed by atoms with van der Waals surface area (Å²) in [6, 6.07) is 15.2. The molecule has 2 amide bonds. The lowest BCUT2D eigenvalue weighted by molar-refractivity contribution is 0.101. The van der Waals surface area contributed by atoms with Gasteiger partial charge in [0.15, 0.2) is 5.78 Å². The summed E-state index contributed by atoms with van der Waals surface area (Å²) < 4.78 is 5.11. The van der Waals surface area contributed by atoms with Crippen molar-refractivity contribution in [2.75, 3.05) is 51.8 Å². The highest BCUT2D eigenvalue weighted by molar-refractivity contribution is 5.95. The van der Waals surface area contributed by atoms with E-state index >= 15 is 0 Å². The number of methoxy groups -OCH3 is 1. The zero-order chi connectivity index (χ0) is 19.9. The zero-order valence-corrected chi connectivity index (χ0v) is 16.5. The Morgan fingerprint density at radius 3 is 2.36 bits per heavy atom. The fraction of sp³-hybridized carbons (Fsp3) is 0.364. The monoisotopic (exact) mass is 381 g/mol. The Hall–Kier alpha value is -2.70. The van der Waals surface area contributed by atoms with Crippen molar-refractivity contribution in [3.05, 3.63) is 54.1 Å². The van der Waals surface area contributed by atoms with Gasteiger partial charge in [0.25, 0.3) is 0 Å². The van der Waals surface area contributed by atoms with Gasteiger partial charge in [-0.25, -0.2) is 4.79 Å². The SMILES string of the molecule is COCCN1CCN(C(=O)Nc2ccc(-c3cccc(C(C)=O)c3)cc2)CC1. The second-order valence-electron chi connectivity index (χ2n) is 6.97. The van der Waals surface area contributed by atoms with Crippen molar-refractivity contribution < 1.29 is 14.3 Å². The average Bonchev–Trinajstić information content (AvgIpc) is 2.73. The summed E-state index contributed by atoms with van der Waals surface area (Å²) in [4.78, 5) is 28.2. The number of urea groups is 1. The van der Waals surface area contributed by atoms with Gasteiger partial charge in [0.1, 0.15) is 0 Å². The third kappa shape index (κ3) is 5.18. The second-order valence-corrected chi connectivity index (χ2v) is 6.97. The van der Waals surface area contributed by atoms with Crippen LogP contribution in [0.4, 0.5) is 10.5 Å². The van der Waals surface area contributed by atoms with Crippen molar-refractivity contribution in [1.82, 2.24) is 9.80 Å². The minimum atomic E-state index is -0.0716. The van der Waals surface area contributed by atoms with Crippen molar-refractivity contribution in [3.8, 4) is 11.1 Å². The van der Waals surface area contributed by atoms with Crippen molar-refractivity contribution >= 4 is 17.5 Å². The zero-order valence-electron chi connectivity index (χ0n) is 16.5. The highest BCUT2D eigenvalue weighted by Crippen LogP contribution is 2.23. The maximum Gasteiger partial charge on any atom is 0.321 e. The Bertz CT molecular complexity index is 812.